The molecular formula is C7H11O2. The van der Waals surface area contributed by atoms with Gasteiger partial charge in [0, 0.05) is 5.92 Å². The largest absolute Gasteiger partial charge is 0.355 e. The average molecular weight is 127 g/mol. The maximum atomic E-state index is 5.03. The lowest BCUT2D eigenvalue weighted by molar-refractivity contribution is -0.117. The highest BCUT2D eigenvalue weighted by molar-refractivity contribution is 4.92. The molecule has 1 rings (SSSR count). The zero-order chi connectivity index (χ0) is 6.53. The van der Waals surface area contributed by atoms with Crippen LogP contribution in [0.3, 0.4) is 0 Å². The maximum absolute atomic E-state index is 5.03. The van der Waals surface area contributed by atoms with Gasteiger partial charge in [0.2, 0.25) is 0 Å². The quantitative estimate of drug-likeness (QED) is 0.551. The monoisotopic (exact) mass is 127 g/mol. The van der Waals surface area contributed by atoms with Gasteiger partial charge in [-0.3, -0.25) is 0 Å². The molecule has 1 radical (unpaired) electrons. The first-order valence-corrected chi connectivity index (χ1v) is 3.05. The van der Waals surface area contributed by atoms with Crippen molar-refractivity contribution in [3.8, 4) is 0 Å². The summed E-state index contributed by atoms with van der Waals surface area (Å²) in [5.74, 6) is 0.413. The molecule has 0 N–H and O–H groups in total. The smallest absolute Gasteiger partial charge is 0.146 e. The van der Waals surface area contributed by atoms with Crippen molar-refractivity contribution in [3.05, 3.63) is 19.1 Å². The zero-order valence-electron chi connectivity index (χ0n) is 5.38. The molecule has 0 aromatic heterocycles. The van der Waals surface area contributed by atoms with E-state index in [0.29, 0.717) is 12.7 Å². The summed E-state index contributed by atoms with van der Waals surface area (Å²) in [5, 5.41) is 0. The Kier molecular flexibility index (Phi) is 2.74. The van der Waals surface area contributed by atoms with E-state index in [2.05, 4.69) is 6.58 Å². The van der Waals surface area contributed by atoms with E-state index < -0.39 is 0 Å². The zero-order valence-corrected chi connectivity index (χ0v) is 5.38. The van der Waals surface area contributed by atoms with E-state index in [1.165, 1.54) is 0 Å². The van der Waals surface area contributed by atoms with E-state index in [-0.39, 0.29) is 0 Å². The molecule has 0 aromatic rings. The first-order valence-electron chi connectivity index (χ1n) is 3.05. The third-order valence-corrected chi connectivity index (χ3v) is 1.24. The Bertz CT molecular complexity index is 84.9. The van der Waals surface area contributed by atoms with Crippen LogP contribution in [-0.4, -0.2) is 20.0 Å². The highest BCUT2D eigenvalue weighted by atomic mass is 16.7. The van der Waals surface area contributed by atoms with Crippen LogP contribution >= 0.6 is 0 Å². The van der Waals surface area contributed by atoms with Crippen molar-refractivity contribution in [2.45, 2.75) is 0 Å². The second kappa shape index (κ2) is 3.64. The SMILES string of the molecule is C=C[CH]C1COCOC1. The predicted molar refractivity (Wildman–Crippen MR) is 34.8 cm³/mol. The second-order valence-electron chi connectivity index (χ2n) is 2.05. The van der Waals surface area contributed by atoms with Crippen molar-refractivity contribution < 1.29 is 9.47 Å². The molecule has 0 saturated carbocycles. The van der Waals surface area contributed by atoms with Crippen LogP contribution < -0.4 is 0 Å². The molecule has 2 nitrogen and oxygen atoms in total. The maximum Gasteiger partial charge on any atom is 0.146 e. The summed E-state index contributed by atoms with van der Waals surface area (Å²) in [4.78, 5) is 0. The van der Waals surface area contributed by atoms with Crippen LogP contribution in [0.5, 0.6) is 0 Å². The number of allylic oxidation sites excluding steroid dienone is 1. The van der Waals surface area contributed by atoms with Gasteiger partial charge in [-0.25, -0.2) is 0 Å². The van der Waals surface area contributed by atoms with E-state index in [1.54, 1.807) is 6.08 Å². The minimum Gasteiger partial charge on any atom is -0.355 e. The summed E-state index contributed by atoms with van der Waals surface area (Å²) < 4.78 is 10.1. The van der Waals surface area contributed by atoms with Crippen LogP contribution in [0.4, 0.5) is 0 Å². The summed E-state index contributed by atoms with van der Waals surface area (Å²) in [7, 11) is 0. The molecule has 0 aromatic carbocycles. The molecular weight excluding hydrogens is 116 g/mol. The third-order valence-electron chi connectivity index (χ3n) is 1.24. The van der Waals surface area contributed by atoms with E-state index in [4.69, 9.17) is 9.47 Å². The highest BCUT2D eigenvalue weighted by Crippen LogP contribution is 2.08. The average Bonchev–Trinajstić information content (AvgIpc) is 1.91. The van der Waals surface area contributed by atoms with Gasteiger partial charge in [0.25, 0.3) is 0 Å². The van der Waals surface area contributed by atoms with Gasteiger partial charge in [-0.15, -0.1) is 6.58 Å². The Labute approximate surface area is 55.5 Å². The van der Waals surface area contributed by atoms with Gasteiger partial charge in [-0.05, 0) is 6.42 Å². The molecule has 0 spiro atoms. The standard InChI is InChI=1S/C7H11O2/c1-2-3-7-4-8-6-9-5-7/h2-3,7H,1,4-6H2. The molecule has 1 aliphatic heterocycles. The predicted octanol–water partition coefficient (Wildman–Crippen LogP) is 0.997. The Morgan fingerprint density at radius 3 is 2.56 bits per heavy atom. The lowest BCUT2D eigenvalue weighted by Gasteiger charge is -2.20. The van der Waals surface area contributed by atoms with Gasteiger partial charge in [0.1, 0.15) is 6.79 Å². The molecule has 1 fully saturated rings. The van der Waals surface area contributed by atoms with Crippen LogP contribution in [0.15, 0.2) is 12.7 Å². The Hall–Kier alpha value is -0.340. The molecule has 0 bridgehead atoms. The van der Waals surface area contributed by atoms with Crippen LogP contribution in [0.2, 0.25) is 0 Å². The molecule has 1 aliphatic rings. The third kappa shape index (κ3) is 2.16. The normalized spacial score (nSPS) is 21.8. The van der Waals surface area contributed by atoms with Crippen LogP contribution in [0, 0.1) is 12.3 Å². The summed E-state index contributed by atoms with van der Waals surface area (Å²) in [5.41, 5.74) is 0. The van der Waals surface area contributed by atoms with Gasteiger partial charge in [0.05, 0.1) is 13.2 Å². The van der Waals surface area contributed by atoms with Gasteiger partial charge in [-0.2, -0.15) is 0 Å². The molecule has 2 heteroatoms. The molecule has 0 aliphatic carbocycles. The number of hydrogen-bond donors (Lipinski definition) is 0. The highest BCUT2D eigenvalue weighted by Gasteiger charge is 2.11. The fourth-order valence-electron chi connectivity index (χ4n) is 0.810. The summed E-state index contributed by atoms with van der Waals surface area (Å²) in [6.45, 7) is 5.57. The van der Waals surface area contributed by atoms with E-state index >= 15 is 0 Å². The summed E-state index contributed by atoms with van der Waals surface area (Å²) in [6.07, 6.45) is 3.78. The van der Waals surface area contributed by atoms with Crippen molar-refractivity contribution >= 4 is 0 Å². The van der Waals surface area contributed by atoms with Crippen LogP contribution in [0.25, 0.3) is 0 Å². The minimum atomic E-state index is 0.413. The van der Waals surface area contributed by atoms with Crippen molar-refractivity contribution in [1.82, 2.24) is 0 Å². The van der Waals surface area contributed by atoms with Gasteiger partial charge < -0.3 is 9.47 Å². The molecule has 51 valence electrons. The number of rotatable bonds is 2. The number of hydrogen-bond acceptors (Lipinski definition) is 2. The van der Waals surface area contributed by atoms with Crippen molar-refractivity contribution in [2.24, 2.45) is 5.92 Å². The van der Waals surface area contributed by atoms with Gasteiger partial charge in [0.15, 0.2) is 0 Å². The Balaban J connectivity index is 2.15. The molecule has 0 amide bonds. The topological polar surface area (TPSA) is 18.5 Å². The van der Waals surface area contributed by atoms with Crippen LogP contribution in [0.1, 0.15) is 0 Å². The van der Waals surface area contributed by atoms with Gasteiger partial charge >= 0.3 is 0 Å². The summed E-state index contributed by atoms with van der Waals surface area (Å²) in [6, 6.07) is 0. The molecule has 0 unspecified atom stereocenters. The fraction of sp³-hybridized carbons (Fsp3) is 0.571. The van der Waals surface area contributed by atoms with Crippen LogP contribution in [-0.2, 0) is 9.47 Å². The molecule has 1 heterocycles. The molecule has 1 saturated heterocycles. The summed E-state index contributed by atoms with van der Waals surface area (Å²) >= 11 is 0. The second-order valence-corrected chi connectivity index (χ2v) is 2.05. The van der Waals surface area contributed by atoms with Crippen molar-refractivity contribution in [2.75, 3.05) is 20.0 Å². The van der Waals surface area contributed by atoms with Crippen molar-refractivity contribution in [1.29, 1.82) is 0 Å². The number of ether oxygens (including phenoxy) is 2. The van der Waals surface area contributed by atoms with Gasteiger partial charge in [-0.1, -0.05) is 6.08 Å². The molecule has 9 heavy (non-hydrogen) atoms. The lowest BCUT2D eigenvalue weighted by atomic mass is 10.1. The first-order chi connectivity index (χ1) is 4.43. The lowest BCUT2D eigenvalue weighted by Crippen LogP contribution is -2.23. The van der Waals surface area contributed by atoms with Crippen molar-refractivity contribution in [3.63, 3.8) is 0 Å². The van der Waals surface area contributed by atoms with E-state index in [9.17, 15) is 0 Å². The first kappa shape index (κ1) is 6.78. The minimum absolute atomic E-state index is 0.413. The molecule has 0 atom stereocenters. The fourth-order valence-corrected chi connectivity index (χ4v) is 0.810. The Morgan fingerprint density at radius 1 is 1.33 bits per heavy atom. The van der Waals surface area contributed by atoms with E-state index in [0.717, 1.165) is 13.2 Å². The van der Waals surface area contributed by atoms with E-state index in [1.807, 2.05) is 6.42 Å². The Morgan fingerprint density at radius 2 is 2.00 bits per heavy atom.